The quantitative estimate of drug-likeness (QED) is 0.194. The Kier molecular flexibility index (Phi) is 7.34. The van der Waals surface area contributed by atoms with Gasteiger partial charge in [0.2, 0.25) is 0 Å². The number of hydrogen-bond acceptors (Lipinski definition) is 7. The summed E-state index contributed by atoms with van der Waals surface area (Å²) in [5.74, 6) is 0.665. The molecule has 0 unspecified atom stereocenters. The van der Waals surface area contributed by atoms with E-state index in [9.17, 15) is 24.8 Å². The molecule has 0 aliphatic rings. The minimum atomic E-state index is -1.10. The third-order valence-electron chi connectivity index (χ3n) is 7.03. The molecular formula is C30H27N3O8. The van der Waals surface area contributed by atoms with E-state index in [4.69, 9.17) is 14.2 Å². The Bertz CT molecular complexity index is 1850. The third kappa shape index (κ3) is 5.17. The van der Waals surface area contributed by atoms with Crippen molar-refractivity contribution in [3.8, 4) is 17.2 Å². The number of rotatable bonds is 10. The van der Waals surface area contributed by atoms with E-state index in [1.165, 1.54) is 37.1 Å². The number of methoxy groups -OCH3 is 3. The molecule has 0 amide bonds. The van der Waals surface area contributed by atoms with Crippen molar-refractivity contribution in [1.82, 2.24) is 9.13 Å². The highest BCUT2D eigenvalue weighted by atomic mass is 16.6. The van der Waals surface area contributed by atoms with Crippen LogP contribution in [0.2, 0.25) is 0 Å². The van der Waals surface area contributed by atoms with Gasteiger partial charge in [-0.2, -0.15) is 0 Å². The van der Waals surface area contributed by atoms with Gasteiger partial charge in [0.05, 0.1) is 44.7 Å². The highest BCUT2D eigenvalue weighted by molar-refractivity contribution is 6.10. The summed E-state index contributed by atoms with van der Waals surface area (Å²) in [7, 11) is 4.62. The zero-order chi connectivity index (χ0) is 29.3. The number of carbonyl (C=O) groups is 1. The molecule has 0 aliphatic heterocycles. The maximum absolute atomic E-state index is 14.2. The number of fused-ring (bicyclic) bond motifs is 3. The average Bonchev–Trinajstić information content (AvgIpc) is 3.29. The van der Waals surface area contributed by atoms with Crippen LogP contribution in [-0.2, 0) is 24.3 Å². The van der Waals surface area contributed by atoms with Crippen LogP contribution in [0.25, 0.3) is 21.8 Å². The van der Waals surface area contributed by atoms with Gasteiger partial charge in [0, 0.05) is 47.3 Å². The van der Waals surface area contributed by atoms with Crippen LogP contribution in [0.4, 0.5) is 5.69 Å². The number of carboxylic acid groups (broad SMARTS) is 1. The van der Waals surface area contributed by atoms with Gasteiger partial charge in [-0.15, -0.1) is 0 Å². The summed E-state index contributed by atoms with van der Waals surface area (Å²) in [6, 6.07) is 16.9. The normalized spacial score (nSPS) is 11.1. The number of pyridine rings is 1. The summed E-state index contributed by atoms with van der Waals surface area (Å²) in [6.07, 6.45) is 1.12. The van der Waals surface area contributed by atoms with Gasteiger partial charge < -0.3 is 28.5 Å². The highest BCUT2D eigenvalue weighted by Gasteiger charge is 2.23. The van der Waals surface area contributed by atoms with E-state index in [1.807, 2.05) is 12.1 Å². The number of nitrogens with zero attached hydrogens (tertiary/aromatic N) is 3. The molecular weight excluding hydrogens is 530 g/mol. The molecule has 210 valence electrons. The number of nitro groups is 1. The van der Waals surface area contributed by atoms with Crippen LogP contribution < -0.4 is 19.8 Å². The summed E-state index contributed by atoms with van der Waals surface area (Å²) in [4.78, 5) is 37.3. The van der Waals surface area contributed by atoms with Crippen LogP contribution in [-0.4, -0.2) is 46.5 Å². The fraction of sp³-hybridized carbons (Fsp3) is 0.200. The molecule has 2 heterocycles. The molecule has 3 aromatic carbocycles. The number of carboxylic acids is 1. The number of ether oxygens (including phenoxy) is 3. The van der Waals surface area contributed by atoms with E-state index in [2.05, 4.69) is 0 Å². The molecule has 5 rings (SSSR count). The van der Waals surface area contributed by atoms with Gasteiger partial charge in [0.15, 0.2) is 0 Å². The SMILES string of the molecule is COc1ccc(Cn2c3ccc([N+](=O)[O-])cc3c3c(CC(=O)O)cn(Cc4ccc(OC)cc4OC)c(=O)c32)cc1. The first kappa shape index (κ1) is 27.3. The average molecular weight is 558 g/mol. The lowest BCUT2D eigenvalue weighted by Gasteiger charge is -2.15. The molecule has 5 aromatic rings. The van der Waals surface area contributed by atoms with Crippen molar-refractivity contribution in [2.45, 2.75) is 19.5 Å². The summed E-state index contributed by atoms with van der Waals surface area (Å²) in [5, 5.41) is 22.2. The summed E-state index contributed by atoms with van der Waals surface area (Å²) >= 11 is 0. The first-order valence-electron chi connectivity index (χ1n) is 12.6. The zero-order valence-corrected chi connectivity index (χ0v) is 22.6. The van der Waals surface area contributed by atoms with E-state index < -0.39 is 10.9 Å². The maximum atomic E-state index is 14.2. The van der Waals surface area contributed by atoms with Gasteiger partial charge in [-0.05, 0) is 41.5 Å². The van der Waals surface area contributed by atoms with E-state index in [0.29, 0.717) is 44.7 Å². The summed E-state index contributed by atoms with van der Waals surface area (Å²) in [5.41, 5.74) is 2.19. The first-order valence-corrected chi connectivity index (χ1v) is 12.6. The van der Waals surface area contributed by atoms with Crippen molar-refractivity contribution in [1.29, 1.82) is 0 Å². The van der Waals surface area contributed by atoms with Crippen molar-refractivity contribution < 1.29 is 29.0 Å². The lowest BCUT2D eigenvalue weighted by molar-refractivity contribution is -0.384. The lowest BCUT2D eigenvalue weighted by atomic mass is 10.1. The minimum Gasteiger partial charge on any atom is -0.497 e. The molecule has 0 aliphatic carbocycles. The fourth-order valence-electron chi connectivity index (χ4n) is 5.11. The summed E-state index contributed by atoms with van der Waals surface area (Å²) in [6.45, 7) is 0.359. The monoisotopic (exact) mass is 557 g/mol. The fourth-order valence-corrected chi connectivity index (χ4v) is 5.11. The van der Waals surface area contributed by atoms with Crippen LogP contribution >= 0.6 is 0 Å². The Morgan fingerprint density at radius 2 is 1.61 bits per heavy atom. The second-order valence-electron chi connectivity index (χ2n) is 9.45. The number of hydrogen-bond donors (Lipinski definition) is 1. The van der Waals surface area contributed by atoms with Gasteiger partial charge in [-0.25, -0.2) is 0 Å². The second-order valence-corrected chi connectivity index (χ2v) is 9.45. The molecule has 11 nitrogen and oxygen atoms in total. The number of benzene rings is 3. The topological polar surface area (TPSA) is 135 Å². The van der Waals surface area contributed by atoms with Gasteiger partial charge >= 0.3 is 5.97 Å². The van der Waals surface area contributed by atoms with E-state index in [0.717, 1.165) is 5.56 Å². The van der Waals surface area contributed by atoms with Crippen LogP contribution in [0.1, 0.15) is 16.7 Å². The molecule has 2 aromatic heterocycles. The van der Waals surface area contributed by atoms with Crippen molar-refractivity contribution in [3.05, 3.63) is 104 Å². The molecule has 0 bridgehead atoms. The van der Waals surface area contributed by atoms with Crippen molar-refractivity contribution in [2.75, 3.05) is 21.3 Å². The Labute approximate surface area is 233 Å². The second kappa shape index (κ2) is 11.0. The third-order valence-corrected chi connectivity index (χ3v) is 7.03. The minimum absolute atomic E-state index is 0.0960. The molecule has 0 spiro atoms. The Hall–Kier alpha value is -5.32. The molecule has 0 atom stereocenters. The smallest absolute Gasteiger partial charge is 0.307 e. The van der Waals surface area contributed by atoms with Crippen LogP contribution in [0.3, 0.4) is 0 Å². The van der Waals surface area contributed by atoms with Gasteiger partial charge in [0.1, 0.15) is 22.8 Å². The van der Waals surface area contributed by atoms with Gasteiger partial charge in [0.25, 0.3) is 11.2 Å². The Morgan fingerprint density at radius 3 is 2.24 bits per heavy atom. The predicted molar refractivity (Wildman–Crippen MR) is 152 cm³/mol. The largest absolute Gasteiger partial charge is 0.497 e. The zero-order valence-electron chi connectivity index (χ0n) is 22.6. The maximum Gasteiger partial charge on any atom is 0.307 e. The van der Waals surface area contributed by atoms with Crippen LogP contribution in [0, 0.1) is 10.1 Å². The highest BCUT2D eigenvalue weighted by Crippen LogP contribution is 2.34. The van der Waals surface area contributed by atoms with E-state index in [-0.39, 0.29) is 36.3 Å². The number of nitro benzene ring substituents is 1. The Morgan fingerprint density at radius 1 is 0.902 bits per heavy atom. The molecule has 1 N–H and O–H groups in total. The molecule has 11 heteroatoms. The van der Waals surface area contributed by atoms with Crippen LogP contribution in [0.15, 0.2) is 71.7 Å². The first-order chi connectivity index (χ1) is 19.7. The molecule has 41 heavy (non-hydrogen) atoms. The predicted octanol–water partition coefficient (Wildman–Crippen LogP) is 4.61. The molecule has 0 fully saturated rings. The Balaban J connectivity index is 1.80. The number of non-ortho nitro benzene ring substituents is 1. The van der Waals surface area contributed by atoms with Crippen molar-refractivity contribution in [2.24, 2.45) is 0 Å². The molecule has 0 radical (unpaired) electrons. The standard InChI is InChI=1S/C30H27N3O8/c1-39-22-8-4-18(5-9-22)15-32-25-11-7-21(33(37)38)13-24(25)28-20(12-27(34)35)17-31(30(36)29(28)32)16-19-6-10-23(40-2)14-26(19)41-3/h4-11,13-14,17H,12,15-16H2,1-3H3,(H,34,35). The van der Waals surface area contributed by atoms with Crippen LogP contribution in [0.5, 0.6) is 17.2 Å². The molecule has 0 saturated carbocycles. The van der Waals surface area contributed by atoms with Crippen molar-refractivity contribution >= 4 is 33.5 Å². The van der Waals surface area contributed by atoms with E-state index >= 15 is 0 Å². The number of aliphatic carboxylic acids is 1. The van der Waals surface area contributed by atoms with Crippen molar-refractivity contribution in [3.63, 3.8) is 0 Å². The van der Waals surface area contributed by atoms with E-state index in [1.54, 1.807) is 48.1 Å². The van der Waals surface area contributed by atoms with Gasteiger partial charge in [-0.3, -0.25) is 19.7 Å². The number of aromatic nitrogens is 2. The molecule has 0 saturated heterocycles. The van der Waals surface area contributed by atoms with Gasteiger partial charge in [-0.1, -0.05) is 12.1 Å². The summed E-state index contributed by atoms with van der Waals surface area (Å²) < 4.78 is 19.3. The lowest BCUT2D eigenvalue weighted by Crippen LogP contribution is -2.24.